The van der Waals surface area contributed by atoms with Gasteiger partial charge in [-0.2, -0.15) is 0 Å². The third kappa shape index (κ3) is 4.33. The van der Waals surface area contributed by atoms with Crippen molar-refractivity contribution in [2.75, 3.05) is 17.9 Å². The van der Waals surface area contributed by atoms with Crippen molar-refractivity contribution in [3.8, 4) is 28.4 Å². The van der Waals surface area contributed by atoms with Crippen LogP contribution in [0.3, 0.4) is 0 Å². The lowest BCUT2D eigenvalue weighted by Crippen LogP contribution is -2.14. The van der Waals surface area contributed by atoms with E-state index in [4.69, 9.17) is 14.5 Å². The van der Waals surface area contributed by atoms with Crippen LogP contribution in [0, 0.1) is 6.92 Å². The molecule has 1 N–H and O–H groups in total. The molecule has 2 heterocycles. The first-order valence-electron chi connectivity index (χ1n) is 10.2. The Kier molecular flexibility index (Phi) is 5.56. The van der Waals surface area contributed by atoms with E-state index < -0.39 is 0 Å². The van der Waals surface area contributed by atoms with Crippen LogP contribution in [-0.2, 0) is 4.79 Å². The van der Waals surface area contributed by atoms with Gasteiger partial charge in [0.25, 0.3) is 0 Å². The number of nitrogens with zero attached hydrogens (tertiary/aromatic N) is 2. The molecule has 0 fully saturated rings. The third-order valence-electron chi connectivity index (χ3n) is 5.01. The van der Waals surface area contributed by atoms with Crippen molar-refractivity contribution in [1.82, 2.24) is 9.55 Å². The highest BCUT2D eigenvalue weighted by molar-refractivity contribution is 7.99. The van der Waals surface area contributed by atoms with E-state index in [0.29, 0.717) is 5.75 Å². The summed E-state index contributed by atoms with van der Waals surface area (Å²) in [6.45, 7) is 2.23. The molecule has 0 radical (unpaired) electrons. The molecule has 1 aromatic heterocycles. The van der Waals surface area contributed by atoms with Crippen molar-refractivity contribution < 1.29 is 14.3 Å². The molecule has 0 atom stereocenters. The Labute approximate surface area is 190 Å². The number of carbonyl (C=O) groups excluding carboxylic acids is 1. The average molecular weight is 444 g/mol. The molecule has 0 spiro atoms. The summed E-state index contributed by atoms with van der Waals surface area (Å²) in [4.78, 5) is 17.4. The van der Waals surface area contributed by atoms with Gasteiger partial charge in [0.05, 0.1) is 11.4 Å². The summed E-state index contributed by atoms with van der Waals surface area (Å²) >= 11 is 1.40. The number of imidazole rings is 1. The lowest BCUT2D eigenvalue weighted by molar-refractivity contribution is -0.113. The van der Waals surface area contributed by atoms with Gasteiger partial charge in [-0.25, -0.2) is 4.98 Å². The lowest BCUT2D eigenvalue weighted by Gasteiger charge is -2.08. The van der Waals surface area contributed by atoms with Crippen LogP contribution < -0.4 is 14.8 Å². The number of para-hydroxylation sites is 1. The van der Waals surface area contributed by atoms with Crippen LogP contribution in [0.2, 0.25) is 0 Å². The Morgan fingerprint density at radius 2 is 1.88 bits per heavy atom. The molecular formula is C25H21N3O3S. The third-order valence-corrected chi connectivity index (χ3v) is 5.96. The SMILES string of the molecule is Cc1cccc(NC(=O)CSc2nc(-c3ccc4c(c3)OCO4)cn2-c2ccccc2)c1. The normalized spacial score (nSPS) is 12.0. The van der Waals surface area contributed by atoms with Gasteiger partial charge in [0.2, 0.25) is 12.7 Å². The Morgan fingerprint density at radius 1 is 1.03 bits per heavy atom. The van der Waals surface area contributed by atoms with Crippen LogP contribution in [0.4, 0.5) is 5.69 Å². The number of thioether (sulfide) groups is 1. The van der Waals surface area contributed by atoms with Crippen LogP contribution in [0.25, 0.3) is 16.9 Å². The first kappa shape index (κ1) is 20.2. The average Bonchev–Trinajstić information content (AvgIpc) is 3.45. The zero-order valence-electron chi connectivity index (χ0n) is 17.4. The highest BCUT2D eigenvalue weighted by Crippen LogP contribution is 2.36. The fourth-order valence-corrected chi connectivity index (χ4v) is 4.28. The maximum Gasteiger partial charge on any atom is 0.234 e. The number of aromatic nitrogens is 2. The fraction of sp³-hybridized carbons (Fsp3) is 0.120. The molecule has 0 aliphatic carbocycles. The lowest BCUT2D eigenvalue weighted by atomic mass is 10.1. The number of ether oxygens (including phenoxy) is 2. The van der Waals surface area contributed by atoms with Gasteiger partial charge in [-0.05, 0) is 55.0 Å². The maximum atomic E-state index is 12.6. The predicted octanol–water partition coefficient (Wildman–Crippen LogP) is 5.31. The van der Waals surface area contributed by atoms with E-state index in [1.807, 2.05) is 90.5 Å². The van der Waals surface area contributed by atoms with Crippen LogP contribution in [0.5, 0.6) is 11.5 Å². The van der Waals surface area contributed by atoms with E-state index in [1.54, 1.807) is 0 Å². The molecule has 4 aromatic rings. The van der Waals surface area contributed by atoms with Gasteiger partial charge in [-0.1, -0.05) is 42.1 Å². The number of rotatable bonds is 6. The van der Waals surface area contributed by atoms with Crippen LogP contribution in [0.1, 0.15) is 5.56 Å². The van der Waals surface area contributed by atoms with Crippen LogP contribution in [-0.4, -0.2) is 28.0 Å². The second-order valence-corrected chi connectivity index (χ2v) is 8.33. The number of nitrogens with one attached hydrogen (secondary N) is 1. The van der Waals surface area contributed by atoms with E-state index in [2.05, 4.69) is 5.32 Å². The molecule has 5 rings (SSSR count). The minimum Gasteiger partial charge on any atom is -0.454 e. The van der Waals surface area contributed by atoms with Crippen LogP contribution in [0.15, 0.2) is 84.1 Å². The van der Waals surface area contributed by atoms with Crippen molar-refractivity contribution >= 4 is 23.4 Å². The summed E-state index contributed by atoms with van der Waals surface area (Å²) < 4.78 is 12.9. The maximum absolute atomic E-state index is 12.6. The second-order valence-electron chi connectivity index (χ2n) is 7.39. The Morgan fingerprint density at radius 3 is 2.72 bits per heavy atom. The number of anilines is 1. The molecule has 1 aliphatic rings. The monoisotopic (exact) mass is 443 g/mol. The van der Waals surface area contributed by atoms with Gasteiger partial charge in [-0.3, -0.25) is 9.36 Å². The second kappa shape index (κ2) is 8.80. The number of benzene rings is 3. The van der Waals surface area contributed by atoms with Crippen molar-refractivity contribution in [3.63, 3.8) is 0 Å². The van der Waals surface area contributed by atoms with Gasteiger partial charge in [0.15, 0.2) is 16.7 Å². The van der Waals surface area contributed by atoms with Gasteiger partial charge in [-0.15, -0.1) is 0 Å². The summed E-state index contributed by atoms with van der Waals surface area (Å²) in [6, 6.07) is 23.5. The van der Waals surface area contributed by atoms with Gasteiger partial charge in [0, 0.05) is 23.1 Å². The molecule has 1 aliphatic heterocycles. The highest BCUT2D eigenvalue weighted by atomic mass is 32.2. The highest BCUT2D eigenvalue weighted by Gasteiger charge is 2.18. The van der Waals surface area contributed by atoms with Gasteiger partial charge < -0.3 is 14.8 Å². The number of hydrogen-bond donors (Lipinski definition) is 1. The van der Waals surface area contributed by atoms with Gasteiger partial charge in [0.1, 0.15) is 0 Å². The quantitative estimate of drug-likeness (QED) is 0.409. The number of aryl methyl sites for hydroxylation is 1. The molecular weight excluding hydrogens is 422 g/mol. The molecule has 3 aromatic carbocycles. The fourth-order valence-electron chi connectivity index (χ4n) is 3.48. The van der Waals surface area contributed by atoms with Gasteiger partial charge >= 0.3 is 0 Å². The Hall–Kier alpha value is -3.71. The van der Waals surface area contributed by atoms with Crippen molar-refractivity contribution in [2.24, 2.45) is 0 Å². The Bertz CT molecular complexity index is 1270. The number of fused-ring (bicyclic) bond motifs is 1. The minimum atomic E-state index is -0.0761. The molecule has 0 unspecified atom stereocenters. The summed E-state index contributed by atoms with van der Waals surface area (Å²) in [5, 5.41) is 3.69. The molecule has 7 heteroatoms. The number of hydrogen-bond acceptors (Lipinski definition) is 5. The van der Waals surface area contributed by atoms with Crippen molar-refractivity contribution in [1.29, 1.82) is 0 Å². The van der Waals surface area contributed by atoms with E-state index in [-0.39, 0.29) is 18.5 Å². The molecule has 6 nitrogen and oxygen atoms in total. The smallest absolute Gasteiger partial charge is 0.234 e. The standard InChI is InChI=1S/C25H21N3O3S/c1-17-6-5-7-19(12-17)26-24(29)15-32-25-27-21(14-28(25)20-8-3-2-4-9-20)18-10-11-22-23(13-18)31-16-30-22/h2-14H,15-16H2,1H3,(H,26,29). The van der Waals surface area contributed by atoms with Crippen LogP contribution >= 0.6 is 11.8 Å². The minimum absolute atomic E-state index is 0.0761. The molecule has 0 bridgehead atoms. The van der Waals surface area contributed by atoms with Crippen molar-refractivity contribution in [2.45, 2.75) is 12.1 Å². The number of amides is 1. The summed E-state index contributed by atoms with van der Waals surface area (Å²) in [5.41, 5.74) is 4.60. The molecule has 32 heavy (non-hydrogen) atoms. The van der Waals surface area contributed by atoms with E-state index in [0.717, 1.165) is 39.1 Å². The summed E-state index contributed by atoms with van der Waals surface area (Å²) in [7, 11) is 0. The largest absolute Gasteiger partial charge is 0.454 e. The Balaban J connectivity index is 1.40. The van der Waals surface area contributed by atoms with E-state index in [1.165, 1.54) is 11.8 Å². The first-order chi connectivity index (χ1) is 15.7. The number of carbonyl (C=O) groups is 1. The molecule has 160 valence electrons. The summed E-state index contributed by atoms with van der Waals surface area (Å²) in [5.74, 6) is 1.62. The molecule has 1 amide bonds. The van der Waals surface area contributed by atoms with Crippen molar-refractivity contribution in [3.05, 3.63) is 84.6 Å². The topological polar surface area (TPSA) is 65.4 Å². The van der Waals surface area contributed by atoms with E-state index in [9.17, 15) is 4.79 Å². The first-order valence-corrected chi connectivity index (χ1v) is 11.2. The zero-order chi connectivity index (χ0) is 21.9. The molecule has 0 saturated carbocycles. The predicted molar refractivity (Wildman–Crippen MR) is 126 cm³/mol. The summed E-state index contributed by atoms with van der Waals surface area (Å²) in [6.07, 6.45) is 1.98. The molecule has 0 saturated heterocycles. The van der Waals surface area contributed by atoms with E-state index >= 15 is 0 Å². The zero-order valence-corrected chi connectivity index (χ0v) is 18.3.